The fourth-order valence-electron chi connectivity index (χ4n) is 1.27. The van der Waals surface area contributed by atoms with Crippen molar-refractivity contribution < 1.29 is 4.79 Å². The number of amides is 1. The maximum atomic E-state index is 10.8. The Bertz CT molecular complexity index is 151. The summed E-state index contributed by atoms with van der Waals surface area (Å²) in [5.41, 5.74) is 0. The van der Waals surface area contributed by atoms with E-state index in [1.807, 2.05) is 6.92 Å². The summed E-state index contributed by atoms with van der Waals surface area (Å²) in [5, 5.41) is 0.204. The van der Waals surface area contributed by atoms with Gasteiger partial charge in [-0.2, -0.15) is 12.6 Å². The first-order chi connectivity index (χ1) is 4.61. The van der Waals surface area contributed by atoms with E-state index in [2.05, 4.69) is 25.3 Å². The molecule has 1 fully saturated rings. The van der Waals surface area contributed by atoms with E-state index in [9.17, 15) is 4.79 Å². The topological polar surface area (TPSA) is 20.3 Å². The van der Waals surface area contributed by atoms with E-state index in [0.29, 0.717) is 11.3 Å². The second kappa shape index (κ2) is 3.05. The third-order valence-electron chi connectivity index (χ3n) is 1.80. The number of thiol groups is 2. The molecule has 0 spiro atoms. The van der Waals surface area contributed by atoms with Crippen molar-refractivity contribution in [3.8, 4) is 0 Å². The van der Waals surface area contributed by atoms with Crippen molar-refractivity contribution in [2.24, 2.45) is 0 Å². The monoisotopic (exact) mass is 177 g/mol. The summed E-state index contributed by atoms with van der Waals surface area (Å²) in [5.74, 6) is 0. The lowest BCUT2D eigenvalue weighted by Gasteiger charge is -2.17. The first-order valence-corrected chi connectivity index (χ1v) is 4.25. The minimum Gasteiger partial charge on any atom is -0.330 e. The number of carbonyl (C=O) groups excluding carboxylic acids is 1. The largest absolute Gasteiger partial charge is 0.330 e. The molecule has 1 aliphatic rings. The molecule has 0 aromatic carbocycles. The molecule has 1 amide bonds. The molecule has 4 heteroatoms. The smallest absolute Gasteiger partial charge is 0.278 e. The third-order valence-corrected chi connectivity index (χ3v) is 2.43. The third kappa shape index (κ3) is 1.61. The summed E-state index contributed by atoms with van der Waals surface area (Å²) in [6, 6.07) is 0.312. The van der Waals surface area contributed by atoms with Crippen molar-refractivity contribution in [3.05, 3.63) is 0 Å². The lowest BCUT2D eigenvalue weighted by atomic mass is 10.2. The van der Waals surface area contributed by atoms with Crippen LogP contribution in [0.1, 0.15) is 13.3 Å². The zero-order valence-corrected chi connectivity index (χ0v) is 7.61. The van der Waals surface area contributed by atoms with Gasteiger partial charge in [0.05, 0.1) is 0 Å². The molecule has 0 N–H and O–H groups in total. The molecular formula is C6H11NOS2. The molecule has 1 aliphatic heterocycles. The van der Waals surface area contributed by atoms with Gasteiger partial charge in [0.1, 0.15) is 0 Å². The number of hydrogen-bond acceptors (Lipinski definition) is 2. The average Bonchev–Trinajstić information content (AvgIpc) is 2.10. The van der Waals surface area contributed by atoms with Gasteiger partial charge in [-0.25, -0.2) is 0 Å². The van der Waals surface area contributed by atoms with Crippen LogP contribution in [-0.2, 0) is 0 Å². The van der Waals surface area contributed by atoms with Gasteiger partial charge in [0, 0.05) is 17.8 Å². The van der Waals surface area contributed by atoms with Gasteiger partial charge in [0.25, 0.3) is 5.24 Å². The van der Waals surface area contributed by atoms with Crippen molar-refractivity contribution in [2.45, 2.75) is 24.6 Å². The van der Waals surface area contributed by atoms with Crippen molar-refractivity contribution >= 4 is 30.5 Å². The van der Waals surface area contributed by atoms with Gasteiger partial charge in [-0.1, -0.05) is 12.6 Å². The number of nitrogens with zero attached hydrogens (tertiary/aromatic N) is 1. The van der Waals surface area contributed by atoms with Gasteiger partial charge in [-0.05, 0) is 13.3 Å². The van der Waals surface area contributed by atoms with Crippen LogP contribution in [0.3, 0.4) is 0 Å². The molecule has 1 rings (SSSR count). The summed E-state index contributed by atoms with van der Waals surface area (Å²) in [7, 11) is 0. The van der Waals surface area contributed by atoms with Crippen LogP contribution < -0.4 is 0 Å². The Morgan fingerprint density at radius 3 is 2.50 bits per heavy atom. The zero-order chi connectivity index (χ0) is 7.72. The molecule has 0 aromatic rings. The van der Waals surface area contributed by atoms with E-state index < -0.39 is 0 Å². The molecule has 1 heterocycles. The van der Waals surface area contributed by atoms with Crippen molar-refractivity contribution in [1.29, 1.82) is 0 Å². The van der Waals surface area contributed by atoms with Gasteiger partial charge >= 0.3 is 0 Å². The first-order valence-electron chi connectivity index (χ1n) is 3.29. The van der Waals surface area contributed by atoms with Crippen LogP contribution in [0.25, 0.3) is 0 Å². The lowest BCUT2D eigenvalue weighted by Crippen LogP contribution is -2.29. The van der Waals surface area contributed by atoms with E-state index >= 15 is 0 Å². The second-order valence-electron chi connectivity index (χ2n) is 2.67. The second-order valence-corrected chi connectivity index (χ2v) is 3.79. The quantitative estimate of drug-likeness (QED) is 0.536. The van der Waals surface area contributed by atoms with Crippen LogP contribution >= 0.6 is 25.3 Å². The van der Waals surface area contributed by atoms with Crippen LogP contribution in [0.5, 0.6) is 0 Å². The normalized spacial score (nSPS) is 32.9. The number of hydrogen-bond donors (Lipinski definition) is 2. The van der Waals surface area contributed by atoms with Crippen LogP contribution in [-0.4, -0.2) is 28.0 Å². The minimum absolute atomic E-state index is 0.135. The predicted octanol–water partition coefficient (Wildman–Crippen LogP) is 1.43. The summed E-state index contributed by atoms with van der Waals surface area (Å²) in [6.45, 7) is 2.76. The van der Waals surface area contributed by atoms with Crippen molar-refractivity contribution in [3.63, 3.8) is 0 Å². The summed E-state index contributed by atoms with van der Waals surface area (Å²) in [4.78, 5) is 12.5. The number of rotatable bonds is 0. The summed E-state index contributed by atoms with van der Waals surface area (Å²) in [6.07, 6.45) is 0.982. The van der Waals surface area contributed by atoms with Crippen molar-refractivity contribution in [1.82, 2.24) is 4.90 Å². The van der Waals surface area contributed by atoms with Crippen LogP contribution in [0, 0.1) is 0 Å². The predicted molar refractivity (Wildman–Crippen MR) is 47.9 cm³/mol. The Labute approximate surface area is 71.8 Å². The highest BCUT2D eigenvalue weighted by Gasteiger charge is 2.28. The molecule has 1 saturated heterocycles. The highest BCUT2D eigenvalue weighted by molar-refractivity contribution is 7.96. The van der Waals surface area contributed by atoms with E-state index in [0.717, 1.165) is 13.0 Å². The SMILES string of the molecule is CC1CC(S)CN1C(=O)S. The number of likely N-dealkylation sites (tertiary alicyclic amines) is 1. The molecule has 0 saturated carbocycles. The lowest BCUT2D eigenvalue weighted by molar-refractivity contribution is 0.222. The van der Waals surface area contributed by atoms with E-state index in [1.54, 1.807) is 4.90 Å². The maximum absolute atomic E-state index is 10.8. The minimum atomic E-state index is -0.135. The van der Waals surface area contributed by atoms with Crippen LogP contribution in [0.4, 0.5) is 4.79 Å². The molecule has 10 heavy (non-hydrogen) atoms. The van der Waals surface area contributed by atoms with Gasteiger partial charge in [-0.3, -0.25) is 4.79 Å². The number of carbonyl (C=O) groups is 1. The van der Waals surface area contributed by atoms with Gasteiger partial charge in [0.15, 0.2) is 0 Å². The van der Waals surface area contributed by atoms with Gasteiger partial charge in [0.2, 0.25) is 0 Å². The summed E-state index contributed by atoms with van der Waals surface area (Å²) < 4.78 is 0. The van der Waals surface area contributed by atoms with E-state index in [-0.39, 0.29) is 5.24 Å². The molecule has 0 aromatic heterocycles. The molecular weight excluding hydrogens is 166 g/mol. The summed E-state index contributed by atoms with van der Waals surface area (Å²) >= 11 is 8.02. The molecule has 2 unspecified atom stereocenters. The molecule has 0 radical (unpaired) electrons. The maximum Gasteiger partial charge on any atom is 0.278 e. The molecule has 2 atom stereocenters. The molecule has 0 aliphatic carbocycles. The highest BCUT2D eigenvalue weighted by Crippen LogP contribution is 2.22. The van der Waals surface area contributed by atoms with E-state index in [4.69, 9.17) is 0 Å². The first kappa shape index (κ1) is 8.27. The van der Waals surface area contributed by atoms with Gasteiger partial charge in [-0.15, -0.1) is 0 Å². The van der Waals surface area contributed by atoms with Crippen molar-refractivity contribution in [2.75, 3.05) is 6.54 Å². The Kier molecular flexibility index (Phi) is 2.52. The van der Waals surface area contributed by atoms with Crippen LogP contribution in [0.2, 0.25) is 0 Å². The molecule has 58 valence electrons. The fourth-order valence-corrected chi connectivity index (χ4v) is 2.03. The Balaban J connectivity index is 2.54. The van der Waals surface area contributed by atoms with Crippen LogP contribution in [0.15, 0.2) is 0 Å². The highest BCUT2D eigenvalue weighted by atomic mass is 32.1. The van der Waals surface area contributed by atoms with E-state index in [1.165, 1.54) is 0 Å². The van der Waals surface area contributed by atoms with Gasteiger partial charge < -0.3 is 4.90 Å². The Hall–Kier alpha value is 0.170. The fraction of sp³-hybridized carbons (Fsp3) is 0.833. The zero-order valence-electron chi connectivity index (χ0n) is 5.82. The average molecular weight is 177 g/mol. The molecule has 2 nitrogen and oxygen atoms in total. The Morgan fingerprint density at radius 1 is 1.70 bits per heavy atom. The molecule has 0 bridgehead atoms. The standard InChI is InChI=1S/C6H11NOS2/c1-4-2-5(9)3-7(4)6(8)10/h4-5,9H,2-3H2,1H3,(H,8,10). The Morgan fingerprint density at radius 2 is 2.30 bits per heavy atom.